The van der Waals surface area contributed by atoms with Crippen LogP contribution in [-0.4, -0.2) is 35.9 Å². The molecule has 1 rings (SSSR count). The SMILES string of the molecule is CC(C)(C)NC[C@@H](O)COC(=O)CCCc1ccccc1. The zero-order valence-corrected chi connectivity index (χ0v) is 13.3. The van der Waals surface area contributed by atoms with E-state index in [1.165, 1.54) is 5.56 Å². The van der Waals surface area contributed by atoms with Crippen molar-refractivity contribution < 1.29 is 14.6 Å². The molecule has 1 aromatic carbocycles. The molecule has 2 N–H and O–H groups in total. The Morgan fingerprint density at radius 3 is 2.57 bits per heavy atom. The van der Waals surface area contributed by atoms with Gasteiger partial charge in [-0.2, -0.15) is 0 Å². The van der Waals surface area contributed by atoms with Crippen molar-refractivity contribution in [1.29, 1.82) is 0 Å². The van der Waals surface area contributed by atoms with Crippen molar-refractivity contribution in [2.24, 2.45) is 0 Å². The number of aryl methyl sites for hydroxylation is 1. The highest BCUT2D eigenvalue weighted by atomic mass is 16.5. The first-order valence-electron chi connectivity index (χ1n) is 7.49. The fourth-order valence-corrected chi connectivity index (χ4v) is 1.83. The lowest BCUT2D eigenvalue weighted by molar-refractivity contribution is -0.146. The summed E-state index contributed by atoms with van der Waals surface area (Å²) in [6.07, 6.45) is 1.35. The van der Waals surface area contributed by atoms with Crippen LogP contribution in [-0.2, 0) is 16.0 Å². The first-order valence-corrected chi connectivity index (χ1v) is 7.49. The van der Waals surface area contributed by atoms with Crippen molar-refractivity contribution in [1.82, 2.24) is 5.32 Å². The number of hydrogen-bond donors (Lipinski definition) is 2. The van der Waals surface area contributed by atoms with Gasteiger partial charge in [0.1, 0.15) is 12.7 Å². The molecule has 0 spiro atoms. The quantitative estimate of drug-likeness (QED) is 0.722. The van der Waals surface area contributed by atoms with Gasteiger partial charge in [0.25, 0.3) is 0 Å². The van der Waals surface area contributed by atoms with Gasteiger partial charge >= 0.3 is 5.97 Å². The van der Waals surface area contributed by atoms with Gasteiger partial charge in [0.2, 0.25) is 0 Å². The van der Waals surface area contributed by atoms with Crippen LogP contribution >= 0.6 is 0 Å². The smallest absolute Gasteiger partial charge is 0.305 e. The van der Waals surface area contributed by atoms with Crippen molar-refractivity contribution in [3.63, 3.8) is 0 Å². The standard InChI is InChI=1S/C17H27NO3/c1-17(2,3)18-12-15(19)13-21-16(20)11-7-10-14-8-5-4-6-9-14/h4-6,8-9,15,18-19H,7,10-13H2,1-3H3/t15-/m1/s1. The molecule has 0 aliphatic heterocycles. The number of benzene rings is 1. The summed E-state index contributed by atoms with van der Waals surface area (Å²) in [5, 5.41) is 12.9. The van der Waals surface area contributed by atoms with Crippen LogP contribution in [0.4, 0.5) is 0 Å². The molecular weight excluding hydrogens is 266 g/mol. The molecule has 0 saturated heterocycles. The van der Waals surface area contributed by atoms with Gasteiger partial charge in [-0.05, 0) is 39.2 Å². The fourth-order valence-electron chi connectivity index (χ4n) is 1.83. The number of nitrogens with one attached hydrogen (secondary N) is 1. The van der Waals surface area contributed by atoms with Crippen molar-refractivity contribution in [2.45, 2.75) is 51.7 Å². The molecule has 21 heavy (non-hydrogen) atoms. The molecule has 4 heteroatoms. The molecule has 118 valence electrons. The Morgan fingerprint density at radius 2 is 1.95 bits per heavy atom. The highest BCUT2D eigenvalue weighted by molar-refractivity contribution is 5.69. The van der Waals surface area contributed by atoms with E-state index in [4.69, 9.17) is 4.74 Å². The number of ether oxygens (including phenoxy) is 1. The predicted octanol–water partition coefficient (Wildman–Crippen LogP) is 2.30. The monoisotopic (exact) mass is 293 g/mol. The summed E-state index contributed by atoms with van der Waals surface area (Å²) < 4.78 is 5.08. The van der Waals surface area contributed by atoms with Gasteiger partial charge < -0.3 is 15.2 Å². The second-order valence-electron chi connectivity index (χ2n) is 6.31. The summed E-state index contributed by atoms with van der Waals surface area (Å²) in [4.78, 5) is 11.6. The van der Waals surface area contributed by atoms with Gasteiger partial charge in [-0.25, -0.2) is 0 Å². The van der Waals surface area contributed by atoms with Crippen LogP contribution in [0.15, 0.2) is 30.3 Å². The number of rotatable bonds is 8. The summed E-state index contributed by atoms with van der Waals surface area (Å²) in [6.45, 7) is 6.54. The lowest BCUT2D eigenvalue weighted by Crippen LogP contribution is -2.42. The molecule has 0 unspecified atom stereocenters. The van der Waals surface area contributed by atoms with Crippen LogP contribution in [0.2, 0.25) is 0 Å². The van der Waals surface area contributed by atoms with Crippen molar-refractivity contribution in [2.75, 3.05) is 13.2 Å². The number of carbonyl (C=O) groups excluding carboxylic acids is 1. The topological polar surface area (TPSA) is 58.6 Å². The molecule has 0 amide bonds. The molecule has 0 radical (unpaired) electrons. The van der Waals surface area contributed by atoms with Gasteiger partial charge in [-0.15, -0.1) is 0 Å². The van der Waals surface area contributed by atoms with E-state index in [0.717, 1.165) is 12.8 Å². The zero-order valence-electron chi connectivity index (χ0n) is 13.3. The molecular formula is C17H27NO3. The maximum atomic E-state index is 11.6. The number of aliphatic hydroxyl groups excluding tert-OH is 1. The van der Waals surface area contributed by atoms with Gasteiger partial charge in [0.15, 0.2) is 0 Å². The van der Waals surface area contributed by atoms with Gasteiger partial charge in [0.05, 0.1) is 0 Å². The largest absolute Gasteiger partial charge is 0.463 e. The van der Waals surface area contributed by atoms with Crippen LogP contribution in [0.3, 0.4) is 0 Å². The molecule has 0 saturated carbocycles. The normalized spacial score (nSPS) is 13.0. The highest BCUT2D eigenvalue weighted by Crippen LogP contribution is 2.05. The minimum Gasteiger partial charge on any atom is -0.463 e. The number of esters is 1. The molecule has 0 fully saturated rings. The van der Waals surface area contributed by atoms with E-state index in [-0.39, 0.29) is 18.1 Å². The Bertz CT molecular complexity index is 412. The van der Waals surface area contributed by atoms with E-state index in [1.54, 1.807) is 0 Å². The van der Waals surface area contributed by atoms with Crippen LogP contribution in [0.5, 0.6) is 0 Å². The first kappa shape index (κ1) is 17.7. The fraction of sp³-hybridized carbons (Fsp3) is 0.588. The molecule has 0 aliphatic rings. The van der Waals surface area contributed by atoms with E-state index >= 15 is 0 Å². The Hall–Kier alpha value is -1.39. The Morgan fingerprint density at radius 1 is 1.29 bits per heavy atom. The van der Waals surface area contributed by atoms with Crippen LogP contribution in [0.25, 0.3) is 0 Å². The molecule has 0 aliphatic carbocycles. The predicted molar refractivity (Wildman–Crippen MR) is 84.1 cm³/mol. The number of hydrogen-bond acceptors (Lipinski definition) is 4. The van der Waals surface area contributed by atoms with Crippen LogP contribution in [0.1, 0.15) is 39.2 Å². The lowest BCUT2D eigenvalue weighted by Gasteiger charge is -2.22. The third-order valence-electron chi connectivity index (χ3n) is 2.99. The van der Waals surface area contributed by atoms with E-state index in [0.29, 0.717) is 13.0 Å². The number of aliphatic hydroxyl groups is 1. The minimum atomic E-state index is -0.665. The minimum absolute atomic E-state index is 0.0489. The summed E-state index contributed by atoms with van der Waals surface area (Å²) in [6, 6.07) is 10.1. The highest BCUT2D eigenvalue weighted by Gasteiger charge is 2.13. The molecule has 4 nitrogen and oxygen atoms in total. The molecule has 0 heterocycles. The maximum absolute atomic E-state index is 11.6. The summed E-state index contributed by atoms with van der Waals surface area (Å²) in [5.74, 6) is -0.249. The van der Waals surface area contributed by atoms with Crippen molar-refractivity contribution in [3.05, 3.63) is 35.9 Å². The summed E-state index contributed by atoms with van der Waals surface area (Å²) in [5.41, 5.74) is 1.17. The van der Waals surface area contributed by atoms with Gasteiger partial charge in [0, 0.05) is 18.5 Å². The van der Waals surface area contributed by atoms with E-state index in [1.807, 2.05) is 51.1 Å². The van der Waals surface area contributed by atoms with Crippen molar-refractivity contribution in [3.8, 4) is 0 Å². The Balaban J connectivity index is 2.11. The third-order valence-corrected chi connectivity index (χ3v) is 2.99. The summed E-state index contributed by atoms with van der Waals surface area (Å²) >= 11 is 0. The molecule has 1 aromatic rings. The average molecular weight is 293 g/mol. The molecule has 1 atom stereocenters. The Labute approximate surface area is 127 Å². The molecule has 0 aromatic heterocycles. The van der Waals surface area contributed by atoms with E-state index in [2.05, 4.69) is 5.32 Å². The number of carbonyl (C=O) groups is 1. The number of β-amino-alcohol motifs (C(OH)–C–C–N with tert-alkyl or cyclic N) is 1. The Kier molecular flexibility index (Phi) is 7.40. The second kappa shape index (κ2) is 8.80. The van der Waals surface area contributed by atoms with Gasteiger partial charge in [-0.3, -0.25) is 4.79 Å². The second-order valence-corrected chi connectivity index (χ2v) is 6.31. The first-order chi connectivity index (χ1) is 9.87. The lowest BCUT2D eigenvalue weighted by atomic mass is 10.1. The van der Waals surface area contributed by atoms with Crippen molar-refractivity contribution >= 4 is 5.97 Å². The zero-order chi connectivity index (χ0) is 15.7. The summed E-state index contributed by atoms with van der Waals surface area (Å²) in [7, 11) is 0. The van der Waals surface area contributed by atoms with Gasteiger partial charge in [-0.1, -0.05) is 30.3 Å². The van der Waals surface area contributed by atoms with E-state index < -0.39 is 6.10 Å². The third kappa shape index (κ3) is 9.21. The van der Waals surface area contributed by atoms with Crippen LogP contribution in [0, 0.1) is 0 Å². The average Bonchev–Trinajstić information content (AvgIpc) is 2.43. The maximum Gasteiger partial charge on any atom is 0.305 e. The van der Waals surface area contributed by atoms with Crippen LogP contribution < -0.4 is 5.32 Å². The molecule has 0 bridgehead atoms. The van der Waals surface area contributed by atoms with E-state index in [9.17, 15) is 9.90 Å².